The maximum absolute atomic E-state index is 10.6. The van der Waals surface area contributed by atoms with Crippen LogP contribution in [0.2, 0.25) is 0 Å². The molecule has 0 aliphatic carbocycles. The Kier molecular flexibility index (Phi) is 5.21. The van der Waals surface area contributed by atoms with Crippen molar-refractivity contribution in [2.75, 3.05) is 0 Å². The Morgan fingerprint density at radius 1 is 1.64 bits per heavy atom. The van der Waals surface area contributed by atoms with Gasteiger partial charge in [0.25, 0.3) is 0 Å². The van der Waals surface area contributed by atoms with Gasteiger partial charge in [0, 0.05) is 10.1 Å². The summed E-state index contributed by atoms with van der Waals surface area (Å²) < 4.78 is 0.881. The summed E-state index contributed by atoms with van der Waals surface area (Å²) in [6.07, 6.45) is 3.68. The minimum Gasteiger partial charge on any atom is -0.298 e. The molecule has 0 saturated carbocycles. The molecule has 0 bridgehead atoms. The van der Waals surface area contributed by atoms with E-state index >= 15 is 0 Å². The molecule has 0 aliphatic rings. The summed E-state index contributed by atoms with van der Waals surface area (Å²) in [4.78, 5) is 10.6. The van der Waals surface area contributed by atoms with Gasteiger partial charge in [0.1, 0.15) is 14.1 Å². The fraction of sp³-hybridized carbons (Fsp3) is 0.375. The van der Waals surface area contributed by atoms with Crippen LogP contribution in [-0.4, -0.2) is 14.1 Å². The number of aldehydes is 1. The monoisotopic (exact) mass is 214 g/mol. The number of hydrogen-bond donors (Lipinski definition) is 0. The molecule has 0 aromatic carbocycles. The maximum Gasteiger partial charge on any atom is 0.150 e. The van der Waals surface area contributed by atoms with E-state index in [0.29, 0.717) is 0 Å². The lowest BCUT2D eigenvalue weighted by molar-refractivity contribution is -0.104. The topological polar surface area (TPSA) is 17.1 Å². The summed E-state index contributed by atoms with van der Waals surface area (Å²) >= 11 is 3.32. The highest BCUT2D eigenvalue weighted by Crippen LogP contribution is 2.18. The summed E-state index contributed by atoms with van der Waals surface area (Å²) in [6.45, 7) is 3.94. The number of carbonyl (C=O) groups is 1. The second-order valence-corrected chi connectivity index (χ2v) is 3.16. The first-order valence-electron chi connectivity index (χ1n) is 3.64. The van der Waals surface area contributed by atoms with Gasteiger partial charge in [0.05, 0.1) is 0 Å². The molecule has 0 spiro atoms. The molecule has 60 valence electrons. The predicted octanol–water partition coefficient (Wildman–Crippen LogP) is 1.78. The summed E-state index contributed by atoms with van der Waals surface area (Å²) in [5, 5.41) is 0. The predicted molar refractivity (Wildman–Crippen MR) is 54.6 cm³/mol. The molecule has 11 heavy (non-hydrogen) atoms. The molecule has 0 aliphatic heterocycles. The Labute approximate surface area is 77.1 Å². The third kappa shape index (κ3) is 3.06. The minimum atomic E-state index is 0.773. The van der Waals surface area contributed by atoms with Gasteiger partial charge in [0.2, 0.25) is 0 Å². The Balaban J connectivity index is 4.80. The maximum atomic E-state index is 10.6. The molecule has 0 heterocycles. The highest BCUT2D eigenvalue weighted by molar-refractivity contribution is 9.12. The van der Waals surface area contributed by atoms with E-state index in [9.17, 15) is 4.79 Å². The number of rotatable bonds is 3. The number of allylic oxidation sites excluding steroid dienone is 4. The average Bonchev–Trinajstić information content (AvgIpc) is 2.05. The van der Waals surface area contributed by atoms with E-state index in [1.165, 1.54) is 0 Å². The van der Waals surface area contributed by atoms with Gasteiger partial charge >= 0.3 is 0 Å². The van der Waals surface area contributed by atoms with Crippen molar-refractivity contribution in [3.8, 4) is 0 Å². The zero-order valence-electron chi connectivity index (χ0n) is 7.15. The van der Waals surface area contributed by atoms with Crippen molar-refractivity contribution in [3.63, 3.8) is 0 Å². The molecular formula is C8H12BBrO. The smallest absolute Gasteiger partial charge is 0.150 e. The lowest BCUT2D eigenvalue weighted by Gasteiger charge is -2.01. The van der Waals surface area contributed by atoms with Gasteiger partial charge in [0.15, 0.2) is 0 Å². The van der Waals surface area contributed by atoms with Gasteiger partial charge in [-0.2, -0.15) is 0 Å². The van der Waals surface area contributed by atoms with E-state index in [2.05, 4.69) is 15.9 Å². The molecule has 0 aromatic heterocycles. The van der Waals surface area contributed by atoms with Crippen LogP contribution in [0.1, 0.15) is 20.3 Å². The van der Waals surface area contributed by atoms with Crippen LogP contribution in [0.3, 0.4) is 0 Å². The second kappa shape index (κ2) is 5.36. The van der Waals surface area contributed by atoms with Crippen LogP contribution in [0.15, 0.2) is 21.6 Å². The van der Waals surface area contributed by atoms with Crippen LogP contribution in [-0.2, 0) is 4.79 Å². The Morgan fingerprint density at radius 3 is 2.45 bits per heavy atom. The normalized spacial score (nSPS) is 14.3. The van der Waals surface area contributed by atoms with Crippen LogP contribution in [0.5, 0.6) is 0 Å². The Morgan fingerprint density at radius 2 is 2.18 bits per heavy atom. The van der Waals surface area contributed by atoms with E-state index in [1.807, 2.05) is 27.8 Å². The van der Waals surface area contributed by atoms with Crippen molar-refractivity contribution in [2.24, 2.45) is 0 Å². The third-order valence-corrected chi connectivity index (χ3v) is 2.50. The molecule has 0 fully saturated rings. The van der Waals surface area contributed by atoms with E-state index in [-0.39, 0.29) is 0 Å². The molecule has 0 aromatic rings. The Bertz CT molecular complexity index is 206. The molecule has 0 amide bonds. The van der Waals surface area contributed by atoms with E-state index in [4.69, 9.17) is 0 Å². The minimum absolute atomic E-state index is 0.773. The number of hydrogen-bond acceptors (Lipinski definition) is 1. The van der Waals surface area contributed by atoms with Crippen molar-refractivity contribution in [1.82, 2.24) is 0 Å². The zero-order chi connectivity index (χ0) is 8.85. The largest absolute Gasteiger partial charge is 0.298 e. The van der Waals surface area contributed by atoms with Gasteiger partial charge in [-0.1, -0.05) is 34.4 Å². The Hall–Kier alpha value is -0.305. The average molecular weight is 215 g/mol. The molecule has 0 saturated heterocycles. The highest BCUT2D eigenvalue weighted by Gasteiger charge is 2.01. The van der Waals surface area contributed by atoms with Crippen LogP contribution in [0, 0.1) is 0 Å². The summed E-state index contributed by atoms with van der Waals surface area (Å²) in [5.74, 6) is 0. The number of carbonyl (C=O) groups excluding carboxylic acids is 1. The van der Waals surface area contributed by atoms with Crippen LogP contribution in [0.25, 0.3) is 0 Å². The molecule has 3 heteroatoms. The van der Waals surface area contributed by atoms with Gasteiger partial charge in [-0.3, -0.25) is 4.79 Å². The molecule has 0 atom stereocenters. The number of halogens is 1. The van der Waals surface area contributed by atoms with E-state index in [1.54, 1.807) is 0 Å². The van der Waals surface area contributed by atoms with Gasteiger partial charge in [-0.15, -0.1) is 0 Å². The quantitative estimate of drug-likeness (QED) is 0.303. The molecule has 1 nitrogen and oxygen atoms in total. The first kappa shape index (κ1) is 10.7. The van der Waals surface area contributed by atoms with Crippen LogP contribution >= 0.6 is 15.9 Å². The molecule has 0 rings (SSSR count). The van der Waals surface area contributed by atoms with Crippen molar-refractivity contribution >= 4 is 30.1 Å². The fourth-order valence-electron chi connectivity index (χ4n) is 0.707. The molecular weight excluding hydrogens is 203 g/mol. The van der Waals surface area contributed by atoms with Crippen molar-refractivity contribution < 1.29 is 4.79 Å². The van der Waals surface area contributed by atoms with Crippen molar-refractivity contribution in [2.45, 2.75) is 20.3 Å². The third-order valence-electron chi connectivity index (χ3n) is 1.62. The molecule has 0 radical (unpaired) electrons. The zero-order valence-corrected chi connectivity index (χ0v) is 8.73. The van der Waals surface area contributed by atoms with Crippen molar-refractivity contribution in [1.29, 1.82) is 0 Å². The summed E-state index contributed by atoms with van der Waals surface area (Å²) in [7, 11) is 1.97. The SMILES string of the molecule is B/C(CC)=C(C=O)/C(Br)=C\C. The summed E-state index contributed by atoms with van der Waals surface area (Å²) in [5.41, 5.74) is 1.89. The second-order valence-electron chi connectivity index (χ2n) is 2.30. The lowest BCUT2D eigenvalue weighted by atomic mass is 9.88. The van der Waals surface area contributed by atoms with Gasteiger partial charge in [-0.05, 0) is 13.3 Å². The van der Waals surface area contributed by atoms with Crippen LogP contribution in [0.4, 0.5) is 0 Å². The molecule has 0 N–H and O–H groups in total. The fourth-order valence-corrected chi connectivity index (χ4v) is 1.14. The van der Waals surface area contributed by atoms with Crippen molar-refractivity contribution in [3.05, 3.63) is 21.6 Å². The van der Waals surface area contributed by atoms with E-state index < -0.39 is 0 Å². The van der Waals surface area contributed by atoms with Gasteiger partial charge < -0.3 is 0 Å². The standard InChI is InChI=1S/C8H12BBrO/c1-3-7(9)6(5-11)8(10)4-2/h4-5H,3,9H2,1-2H3/b7-6+,8-4+. The lowest BCUT2D eigenvalue weighted by Crippen LogP contribution is -1.92. The molecule has 0 unspecified atom stereocenters. The van der Waals surface area contributed by atoms with Crippen LogP contribution < -0.4 is 0 Å². The first-order valence-corrected chi connectivity index (χ1v) is 4.43. The summed E-state index contributed by atoms with van der Waals surface area (Å²) in [6, 6.07) is 0. The van der Waals surface area contributed by atoms with E-state index in [0.717, 1.165) is 28.2 Å². The first-order chi connectivity index (χ1) is 5.17. The highest BCUT2D eigenvalue weighted by atomic mass is 79.9. The van der Waals surface area contributed by atoms with Gasteiger partial charge in [-0.25, -0.2) is 0 Å².